The monoisotopic (exact) mass is 238 g/mol. The second-order valence-corrected chi connectivity index (χ2v) is 4.39. The number of aldehydes is 2. The van der Waals surface area contributed by atoms with E-state index < -0.39 is 0 Å². The van der Waals surface area contributed by atoms with Crippen LogP contribution in [0.2, 0.25) is 0 Å². The average Bonchev–Trinajstić information content (AvgIpc) is 2.38. The Balaban J connectivity index is 2.70. The van der Waals surface area contributed by atoms with Crippen LogP contribution in [-0.4, -0.2) is 12.6 Å². The van der Waals surface area contributed by atoms with Crippen LogP contribution in [0.25, 0.3) is 11.1 Å². The van der Waals surface area contributed by atoms with Crippen molar-refractivity contribution in [1.29, 1.82) is 0 Å². The summed E-state index contributed by atoms with van der Waals surface area (Å²) in [5, 5.41) is 0. The largest absolute Gasteiger partial charge is 0.298 e. The zero-order chi connectivity index (χ0) is 13.1. The maximum Gasteiger partial charge on any atom is 0.150 e. The maximum atomic E-state index is 10.9. The van der Waals surface area contributed by atoms with Gasteiger partial charge in [-0.2, -0.15) is 0 Å². The predicted molar refractivity (Wildman–Crippen MR) is 72.1 cm³/mol. The van der Waals surface area contributed by atoms with Crippen LogP contribution >= 0.6 is 0 Å². The second kappa shape index (κ2) is 4.96. The molecule has 0 saturated heterocycles. The van der Waals surface area contributed by atoms with E-state index in [0.29, 0.717) is 11.1 Å². The number of benzene rings is 2. The highest BCUT2D eigenvalue weighted by Gasteiger charge is 2.07. The van der Waals surface area contributed by atoms with E-state index in [1.165, 1.54) is 0 Å². The van der Waals surface area contributed by atoms with Gasteiger partial charge in [-0.15, -0.1) is 0 Å². The molecule has 0 saturated carbocycles. The molecule has 0 heterocycles. The van der Waals surface area contributed by atoms with E-state index in [1.54, 1.807) is 6.07 Å². The minimum absolute atomic E-state index is 0.525. The number of hydrogen-bond acceptors (Lipinski definition) is 2. The summed E-state index contributed by atoms with van der Waals surface area (Å²) in [6.45, 7) is 4.05. The van der Waals surface area contributed by atoms with E-state index in [2.05, 4.69) is 0 Å². The van der Waals surface area contributed by atoms with Gasteiger partial charge in [0, 0.05) is 11.1 Å². The summed E-state index contributed by atoms with van der Waals surface area (Å²) >= 11 is 0. The van der Waals surface area contributed by atoms with Gasteiger partial charge in [-0.3, -0.25) is 9.59 Å². The number of hydrogen-bond donors (Lipinski definition) is 0. The normalized spacial score (nSPS) is 10.1. The molecule has 2 heteroatoms. The zero-order valence-corrected chi connectivity index (χ0v) is 10.4. The lowest BCUT2D eigenvalue weighted by molar-refractivity contribution is 0.112. The molecule has 18 heavy (non-hydrogen) atoms. The van der Waals surface area contributed by atoms with Crippen molar-refractivity contribution in [2.45, 2.75) is 13.8 Å². The van der Waals surface area contributed by atoms with E-state index >= 15 is 0 Å². The summed E-state index contributed by atoms with van der Waals surface area (Å²) < 4.78 is 0. The van der Waals surface area contributed by atoms with Crippen LogP contribution in [-0.2, 0) is 0 Å². The molecule has 0 aliphatic heterocycles. The molecule has 0 radical (unpaired) electrons. The molecule has 0 aliphatic rings. The van der Waals surface area contributed by atoms with Crippen LogP contribution in [0.15, 0.2) is 36.4 Å². The lowest BCUT2D eigenvalue weighted by atomic mass is 9.93. The highest BCUT2D eigenvalue weighted by atomic mass is 16.1. The Hall–Kier alpha value is -2.22. The molecular formula is C16H14O2. The first-order chi connectivity index (χ1) is 8.65. The average molecular weight is 238 g/mol. The van der Waals surface area contributed by atoms with Crippen molar-refractivity contribution in [3.05, 3.63) is 58.7 Å². The van der Waals surface area contributed by atoms with Crippen LogP contribution in [0.5, 0.6) is 0 Å². The van der Waals surface area contributed by atoms with Crippen LogP contribution in [0.4, 0.5) is 0 Å². The topological polar surface area (TPSA) is 34.1 Å². The maximum absolute atomic E-state index is 10.9. The van der Waals surface area contributed by atoms with Crippen molar-refractivity contribution >= 4 is 12.6 Å². The van der Waals surface area contributed by atoms with E-state index in [-0.39, 0.29) is 0 Å². The summed E-state index contributed by atoms with van der Waals surface area (Å²) in [5.74, 6) is 0. The quantitative estimate of drug-likeness (QED) is 0.766. The molecule has 0 spiro atoms. The molecule has 0 atom stereocenters. The minimum Gasteiger partial charge on any atom is -0.298 e. The molecule has 2 aromatic rings. The SMILES string of the molecule is Cc1cccc(C)c1-c1cc(C=O)cc(C=O)c1. The number of aryl methyl sites for hydroxylation is 2. The predicted octanol–water partition coefficient (Wildman–Crippen LogP) is 3.60. The van der Waals surface area contributed by atoms with Gasteiger partial charge in [-0.1, -0.05) is 18.2 Å². The smallest absolute Gasteiger partial charge is 0.150 e. The standard InChI is InChI=1S/C16H14O2/c1-11-4-3-5-12(2)16(11)15-7-13(9-17)6-14(8-15)10-18/h3-10H,1-2H3. The number of carbonyl (C=O) groups is 2. The van der Waals surface area contributed by atoms with Gasteiger partial charge in [0.25, 0.3) is 0 Å². The van der Waals surface area contributed by atoms with E-state index in [1.807, 2.05) is 44.2 Å². The highest BCUT2D eigenvalue weighted by Crippen LogP contribution is 2.28. The molecule has 0 unspecified atom stereocenters. The molecule has 0 bridgehead atoms. The molecule has 2 rings (SSSR count). The molecule has 0 fully saturated rings. The number of rotatable bonds is 3. The summed E-state index contributed by atoms with van der Waals surface area (Å²) in [6, 6.07) is 11.3. The first kappa shape index (κ1) is 12.2. The third-order valence-electron chi connectivity index (χ3n) is 3.02. The molecule has 0 aromatic heterocycles. The van der Waals surface area contributed by atoms with Crippen LogP contribution < -0.4 is 0 Å². The third kappa shape index (κ3) is 2.23. The van der Waals surface area contributed by atoms with Gasteiger partial charge in [0.15, 0.2) is 0 Å². The Morgan fingerprint density at radius 3 is 1.78 bits per heavy atom. The molecule has 0 amide bonds. The second-order valence-electron chi connectivity index (χ2n) is 4.39. The van der Waals surface area contributed by atoms with Crippen LogP contribution in [0, 0.1) is 13.8 Å². The minimum atomic E-state index is 0.525. The van der Waals surface area contributed by atoms with Gasteiger partial charge in [0.2, 0.25) is 0 Å². The van der Waals surface area contributed by atoms with Gasteiger partial charge >= 0.3 is 0 Å². The van der Waals surface area contributed by atoms with Gasteiger partial charge in [-0.25, -0.2) is 0 Å². The molecule has 0 N–H and O–H groups in total. The van der Waals surface area contributed by atoms with Gasteiger partial charge in [-0.05, 0) is 54.3 Å². The van der Waals surface area contributed by atoms with Gasteiger partial charge in [0.05, 0.1) is 0 Å². The lowest BCUT2D eigenvalue weighted by Crippen LogP contribution is -1.92. The summed E-state index contributed by atoms with van der Waals surface area (Å²) in [5.41, 5.74) is 5.32. The Morgan fingerprint density at radius 2 is 1.33 bits per heavy atom. The lowest BCUT2D eigenvalue weighted by Gasteiger charge is -2.11. The van der Waals surface area contributed by atoms with E-state index in [9.17, 15) is 9.59 Å². The Labute approximate surface area is 106 Å². The van der Waals surface area contributed by atoms with E-state index in [0.717, 1.165) is 34.8 Å². The zero-order valence-electron chi connectivity index (χ0n) is 10.4. The van der Waals surface area contributed by atoms with Crippen LogP contribution in [0.3, 0.4) is 0 Å². The van der Waals surface area contributed by atoms with Crippen molar-refractivity contribution in [3.63, 3.8) is 0 Å². The van der Waals surface area contributed by atoms with E-state index in [4.69, 9.17) is 0 Å². The van der Waals surface area contributed by atoms with Crippen molar-refractivity contribution in [2.24, 2.45) is 0 Å². The Bertz CT molecular complexity index is 566. The summed E-state index contributed by atoms with van der Waals surface area (Å²) in [7, 11) is 0. The third-order valence-corrected chi connectivity index (χ3v) is 3.02. The molecule has 90 valence electrons. The molecule has 0 aliphatic carbocycles. The van der Waals surface area contributed by atoms with Crippen molar-refractivity contribution in [1.82, 2.24) is 0 Å². The fourth-order valence-electron chi connectivity index (χ4n) is 2.23. The Kier molecular flexibility index (Phi) is 3.38. The van der Waals surface area contributed by atoms with Crippen molar-refractivity contribution < 1.29 is 9.59 Å². The summed E-state index contributed by atoms with van der Waals surface area (Å²) in [4.78, 5) is 21.8. The van der Waals surface area contributed by atoms with Crippen LogP contribution in [0.1, 0.15) is 31.8 Å². The van der Waals surface area contributed by atoms with Crippen molar-refractivity contribution in [2.75, 3.05) is 0 Å². The Morgan fingerprint density at radius 1 is 0.833 bits per heavy atom. The highest BCUT2D eigenvalue weighted by molar-refractivity contribution is 5.87. The van der Waals surface area contributed by atoms with Gasteiger partial charge in [0.1, 0.15) is 12.6 Å². The molecule has 2 aromatic carbocycles. The molecular weight excluding hydrogens is 224 g/mol. The summed E-state index contributed by atoms with van der Waals surface area (Å²) in [6.07, 6.45) is 1.54. The van der Waals surface area contributed by atoms with Gasteiger partial charge < -0.3 is 0 Å². The molecule has 2 nitrogen and oxygen atoms in total. The fraction of sp³-hybridized carbons (Fsp3) is 0.125. The number of carbonyl (C=O) groups excluding carboxylic acids is 2. The first-order valence-corrected chi connectivity index (χ1v) is 5.77. The first-order valence-electron chi connectivity index (χ1n) is 5.77. The fourth-order valence-corrected chi connectivity index (χ4v) is 2.23. The van der Waals surface area contributed by atoms with Crippen molar-refractivity contribution in [3.8, 4) is 11.1 Å².